The van der Waals surface area contributed by atoms with Crippen LogP contribution in [0.25, 0.3) is 11.0 Å². The third-order valence-electron chi connectivity index (χ3n) is 3.37. The number of thiophene rings is 1. The van der Waals surface area contributed by atoms with Crippen LogP contribution in [0.3, 0.4) is 0 Å². The molecule has 0 saturated carbocycles. The van der Waals surface area contributed by atoms with Gasteiger partial charge in [-0.25, -0.2) is 4.98 Å². The van der Waals surface area contributed by atoms with E-state index in [1.54, 1.807) is 18.4 Å². The molecule has 0 N–H and O–H groups in total. The Morgan fingerprint density at radius 3 is 2.81 bits per heavy atom. The fourth-order valence-corrected chi connectivity index (χ4v) is 3.27. The zero-order chi connectivity index (χ0) is 15.1. The summed E-state index contributed by atoms with van der Waals surface area (Å²) in [6, 6.07) is 1.86. The first-order valence-electron chi connectivity index (χ1n) is 6.44. The summed E-state index contributed by atoms with van der Waals surface area (Å²) < 4.78 is 2.87. The third kappa shape index (κ3) is 2.29. The second-order valence-electron chi connectivity index (χ2n) is 4.93. The molecule has 7 heteroatoms. The van der Waals surface area contributed by atoms with Crippen LogP contribution < -0.4 is 5.56 Å². The van der Waals surface area contributed by atoms with E-state index >= 15 is 0 Å². The summed E-state index contributed by atoms with van der Waals surface area (Å²) in [5.74, 6) is -0.0796. The zero-order valence-corrected chi connectivity index (χ0v) is 12.8. The number of nitrogens with zero attached hydrogens (tertiary/aromatic N) is 4. The number of ketones is 1. The standard InChI is InChI=1S/C14H14N4O2S/c1-8-4-10(9(2)21-8)12(19)6-18-7-15-13-11(14(18)20)5-16-17(13)3/h4-5,7H,6H2,1-3H3. The van der Waals surface area contributed by atoms with Crippen molar-refractivity contribution in [3.05, 3.63) is 44.3 Å². The molecular weight excluding hydrogens is 288 g/mol. The van der Waals surface area contributed by atoms with E-state index in [2.05, 4.69) is 10.1 Å². The Kier molecular flexibility index (Phi) is 3.21. The van der Waals surface area contributed by atoms with Crippen molar-refractivity contribution in [1.29, 1.82) is 0 Å². The number of carbonyl (C=O) groups is 1. The minimum absolute atomic E-state index is 0.00627. The normalized spacial score (nSPS) is 11.2. The van der Waals surface area contributed by atoms with Gasteiger partial charge >= 0.3 is 0 Å². The number of rotatable bonds is 3. The average Bonchev–Trinajstić information content (AvgIpc) is 2.96. The van der Waals surface area contributed by atoms with Crippen molar-refractivity contribution in [2.45, 2.75) is 20.4 Å². The van der Waals surface area contributed by atoms with Crippen molar-refractivity contribution in [1.82, 2.24) is 19.3 Å². The van der Waals surface area contributed by atoms with Crippen LogP contribution in [0, 0.1) is 13.8 Å². The largest absolute Gasteiger partial charge is 0.292 e. The molecule has 0 aromatic carbocycles. The molecule has 3 aromatic rings. The molecule has 0 bridgehead atoms. The molecule has 0 unspecified atom stereocenters. The van der Waals surface area contributed by atoms with Crippen molar-refractivity contribution in [2.24, 2.45) is 7.05 Å². The minimum Gasteiger partial charge on any atom is -0.292 e. The summed E-state index contributed by atoms with van der Waals surface area (Å²) in [4.78, 5) is 30.9. The van der Waals surface area contributed by atoms with E-state index in [9.17, 15) is 9.59 Å². The summed E-state index contributed by atoms with van der Waals surface area (Å²) in [7, 11) is 1.72. The molecule has 0 amide bonds. The van der Waals surface area contributed by atoms with Gasteiger partial charge in [-0.05, 0) is 19.9 Å². The van der Waals surface area contributed by atoms with E-state index in [4.69, 9.17) is 0 Å². The van der Waals surface area contributed by atoms with Crippen LogP contribution in [0.15, 0.2) is 23.4 Å². The Hall–Kier alpha value is -2.28. The predicted octanol–water partition coefficient (Wildman–Crippen LogP) is 1.69. The molecule has 0 saturated heterocycles. The van der Waals surface area contributed by atoms with Gasteiger partial charge < -0.3 is 0 Å². The van der Waals surface area contributed by atoms with Crippen molar-refractivity contribution in [3.8, 4) is 0 Å². The van der Waals surface area contributed by atoms with E-state index in [1.165, 1.54) is 21.8 Å². The van der Waals surface area contributed by atoms with E-state index in [0.29, 0.717) is 16.6 Å². The predicted molar refractivity (Wildman–Crippen MR) is 80.9 cm³/mol. The van der Waals surface area contributed by atoms with Gasteiger partial charge in [0.2, 0.25) is 0 Å². The number of fused-ring (bicyclic) bond motifs is 1. The van der Waals surface area contributed by atoms with Gasteiger partial charge in [0.05, 0.1) is 12.7 Å². The highest BCUT2D eigenvalue weighted by Gasteiger charge is 2.15. The Morgan fingerprint density at radius 2 is 2.14 bits per heavy atom. The van der Waals surface area contributed by atoms with Crippen molar-refractivity contribution < 1.29 is 4.79 Å². The fraction of sp³-hybridized carbons (Fsp3) is 0.286. The van der Waals surface area contributed by atoms with Crippen LogP contribution in [-0.4, -0.2) is 25.1 Å². The van der Waals surface area contributed by atoms with Gasteiger partial charge in [-0.3, -0.25) is 18.8 Å². The molecule has 0 fully saturated rings. The highest BCUT2D eigenvalue weighted by Crippen LogP contribution is 2.21. The smallest absolute Gasteiger partial charge is 0.264 e. The van der Waals surface area contributed by atoms with Gasteiger partial charge in [0.1, 0.15) is 11.7 Å². The first-order chi connectivity index (χ1) is 9.97. The Labute approximate surface area is 124 Å². The molecule has 0 aliphatic heterocycles. The first-order valence-corrected chi connectivity index (χ1v) is 7.26. The van der Waals surface area contributed by atoms with Gasteiger partial charge in [0.15, 0.2) is 11.4 Å². The molecule has 0 radical (unpaired) electrons. The summed E-state index contributed by atoms with van der Waals surface area (Å²) in [6.45, 7) is 3.87. The molecule has 0 atom stereocenters. The average molecular weight is 302 g/mol. The summed E-state index contributed by atoms with van der Waals surface area (Å²) in [6.07, 6.45) is 2.88. The molecule has 21 heavy (non-hydrogen) atoms. The van der Waals surface area contributed by atoms with Crippen LogP contribution in [0.5, 0.6) is 0 Å². The van der Waals surface area contributed by atoms with Gasteiger partial charge in [-0.15, -0.1) is 11.3 Å². The second-order valence-corrected chi connectivity index (χ2v) is 6.39. The molecule has 108 valence electrons. The topological polar surface area (TPSA) is 69.8 Å². The third-order valence-corrected chi connectivity index (χ3v) is 4.34. The lowest BCUT2D eigenvalue weighted by molar-refractivity contribution is 0.0970. The summed E-state index contributed by atoms with van der Waals surface area (Å²) in [5.41, 5.74) is 0.952. The lowest BCUT2D eigenvalue weighted by Crippen LogP contribution is -2.24. The molecule has 0 aliphatic rings. The first kappa shape index (κ1) is 13.7. The molecule has 3 rings (SSSR count). The number of hydrogen-bond acceptors (Lipinski definition) is 5. The lowest BCUT2D eigenvalue weighted by atomic mass is 10.1. The van der Waals surface area contributed by atoms with Gasteiger partial charge in [0.25, 0.3) is 5.56 Å². The zero-order valence-electron chi connectivity index (χ0n) is 12.0. The molecule has 6 nitrogen and oxygen atoms in total. The molecule has 3 heterocycles. The maximum atomic E-state index is 12.3. The highest BCUT2D eigenvalue weighted by atomic mass is 32.1. The monoisotopic (exact) mass is 302 g/mol. The Bertz CT molecular complexity index is 903. The number of aromatic nitrogens is 4. The molecule has 3 aromatic heterocycles. The maximum absolute atomic E-state index is 12.3. The quantitative estimate of drug-likeness (QED) is 0.690. The Morgan fingerprint density at radius 1 is 1.38 bits per heavy atom. The van der Waals surface area contributed by atoms with E-state index < -0.39 is 0 Å². The van der Waals surface area contributed by atoms with Crippen molar-refractivity contribution >= 4 is 28.2 Å². The second kappa shape index (κ2) is 4.92. The molecule has 0 spiro atoms. The SMILES string of the molecule is Cc1cc(C(=O)Cn2cnc3c(cnn3C)c2=O)c(C)s1. The fourth-order valence-electron chi connectivity index (χ4n) is 2.33. The van der Waals surface area contributed by atoms with Crippen molar-refractivity contribution in [3.63, 3.8) is 0 Å². The van der Waals surface area contributed by atoms with E-state index in [0.717, 1.165) is 9.75 Å². The van der Waals surface area contributed by atoms with Crippen LogP contribution in [0.4, 0.5) is 0 Å². The number of Topliss-reactive ketones (excluding diaryl/α,β-unsaturated/α-hetero) is 1. The number of carbonyl (C=O) groups excluding carboxylic acids is 1. The van der Waals surface area contributed by atoms with Gasteiger partial charge in [-0.2, -0.15) is 5.10 Å². The van der Waals surface area contributed by atoms with Crippen LogP contribution >= 0.6 is 11.3 Å². The maximum Gasteiger partial charge on any atom is 0.264 e. The van der Waals surface area contributed by atoms with E-state index in [-0.39, 0.29) is 17.9 Å². The number of aryl methyl sites for hydroxylation is 3. The number of hydrogen-bond donors (Lipinski definition) is 0. The highest BCUT2D eigenvalue weighted by molar-refractivity contribution is 7.12. The molecular formula is C14H14N4O2S. The van der Waals surface area contributed by atoms with Crippen molar-refractivity contribution in [2.75, 3.05) is 0 Å². The van der Waals surface area contributed by atoms with Gasteiger partial charge in [0, 0.05) is 22.4 Å². The van der Waals surface area contributed by atoms with Crippen LogP contribution in [0.1, 0.15) is 20.1 Å². The van der Waals surface area contributed by atoms with Crippen LogP contribution in [0.2, 0.25) is 0 Å². The lowest BCUT2D eigenvalue weighted by Gasteiger charge is -2.04. The van der Waals surface area contributed by atoms with E-state index in [1.807, 2.05) is 19.9 Å². The van der Waals surface area contributed by atoms with Gasteiger partial charge in [-0.1, -0.05) is 0 Å². The Balaban J connectivity index is 1.98. The summed E-state index contributed by atoms with van der Waals surface area (Å²) >= 11 is 1.58. The molecule has 0 aliphatic carbocycles. The minimum atomic E-state index is -0.244. The van der Waals surface area contributed by atoms with Crippen LogP contribution in [-0.2, 0) is 13.6 Å². The summed E-state index contributed by atoms with van der Waals surface area (Å²) in [5, 5.41) is 4.43.